The maximum absolute atomic E-state index is 11.2. The first kappa shape index (κ1) is 17.3. The normalized spacial score (nSPS) is 20.7. The van der Waals surface area contributed by atoms with Gasteiger partial charge in [-0.25, -0.2) is 9.97 Å². The minimum absolute atomic E-state index is 0.0222. The quantitative estimate of drug-likeness (QED) is 0.651. The molecule has 0 bridgehead atoms. The lowest BCUT2D eigenvalue weighted by Crippen LogP contribution is -2.21. The summed E-state index contributed by atoms with van der Waals surface area (Å²) in [6, 6.07) is 0. The van der Waals surface area contributed by atoms with Gasteiger partial charge in [-0.15, -0.1) is 0 Å². The van der Waals surface area contributed by atoms with E-state index in [1.165, 1.54) is 0 Å². The van der Waals surface area contributed by atoms with Crippen LogP contribution in [0, 0.1) is 5.92 Å². The van der Waals surface area contributed by atoms with E-state index in [9.17, 15) is 9.90 Å². The SMILES string of the molecule is CCCNc1ncc(CN2C[C@H](CC(=O)O)[C@H](c3cn[nH]n3)C2)cn1. The first-order valence-corrected chi connectivity index (χ1v) is 8.50. The number of likely N-dealkylation sites (tertiary alicyclic amines) is 1. The van der Waals surface area contributed by atoms with Crippen LogP contribution in [0.1, 0.15) is 36.9 Å². The molecule has 9 heteroatoms. The van der Waals surface area contributed by atoms with Crippen LogP contribution in [-0.4, -0.2) is 61.0 Å². The molecule has 9 nitrogen and oxygen atoms in total. The Morgan fingerprint density at radius 2 is 2.16 bits per heavy atom. The lowest BCUT2D eigenvalue weighted by Gasteiger charge is -2.15. The number of hydrogen-bond donors (Lipinski definition) is 3. The number of anilines is 1. The molecule has 0 aliphatic carbocycles. The zero-order valence-corrected chi connectivity index (χ0v) is 14.2. The first-order valence-electron chi connectivity index (χ1n) is 8.50. The number of H-pyrrole nitrogens is 1. The molecule has 1 aliphatic rings. The monoisotopic (exact) mass is 345 g/mol. The molecule has 134 valence electrons. The molecule has 0 amide bonds. The Morgan fingerprint density at radius 3 is 2.80 bits per heavy atom. The van der Waals surface area contributed by atoms with Gasteiger partial charge in [0.2, 0.25) is 5.95 Å². The molecular formula is C16H23N7O2. The number of rotatable bonds is 8. The lowest BCUT2D eigenvalue weighted by atomic mass is 9.91. The maximum atomic E-state index is 11.2. The highest BCUT2D eigenvalue weighted by Crippen LogP contribution is 2.34. The third kappa shape index (κ3) is 4.50. The van der Waals surface area contributed by atoms with E-state index in [0.29, 0.717) is 19.0 Å². The number of nitrogens with zero attached hydrogens (tertiary/aromatic N) is 5. The molecule has 1 saturated heterocycles. The van der Waals surface area contributed by atoms with E-state index in [2.05, 4.69) is 42.5 Å². The minimum Gasteiger partial charge on any atom is -0.481 e. The summed E-state index contributed by atoms with van der Waals surface area (Å²) in [4.78, 5) is 22.0. The summed E-state index contributed by atoms with van der Waals surface area (Å²) >= 11 is 0. The molecule has 2 aromatic heterocycles. The van der Waals surface area contributed by atoms with Crippen molar-refractivity contribution in [3.8, 4) is 0 Å². The molecule has 0 unspecified atom stereocenters. The molecule has 1 aliphatic heterocycles. The number of aromatic amines is 1. The zero-order chi connectivity index (χ0) is 17.6. The van der Waals surface area contributed by atoms with E-state index in [0.717, 1.165) is 30.8 Å². The third-order valence-electron chi connectivity index (χ3n) is 4.41. The Balaban J connectivity index is 1.63. The highest BCUT2D eigenvalue weighted by molar-refractivity contribution is 5.67. The van der Waals surface area contributed by atoms with Crippen LogP contribution in [0.25, 0.3) is 0 Å². The van der Waals surface area contributed by atoms with E-state index in [1.54, 1.807) is 6.20 Å². The summed E-state index contributed by atoms with van der Waals surface area (Å²) in [6.45, 7) is 5.09. The second-order valence-electron chi connectivity index (χ2n) is 6.40. The Morgan fingerprint density at radius 1 is 1.36 bits per heavy atom. The van der Waals surface area contributed by atoms with Gasteiger partial charge in [-0.05, 0) is 12.3 Å². The van der Waals surface area contributed by atoms with Gasteiger partial charge in [-0.1, -0.05) is 6.92 Å². The average molecular weight is 345 g/mol. The number of nitrogens with one attached hydrogen (secondary N) is 2. The van der Waals surface area contributed by atoms with Gasteiger partial charge in [-0.2, -0.15) is 15.4 Å². The van der Waals surface area contributed by atoms with Crippen LogP contribution in [0.3, 0.4) is 0 Å². The molecule has 0 spiro atoms. The molecule has 3 N–H and O–H groups in total. The third-order valence-corrected chi connectivity index (χ3v) is 4.41. The fraction of sp³-hybridized carbons (Fsp3) is 0.562. The number of aromatic nitrogens is 5. The van der Waals surface area contributed by atoms with Crippen molar-refractivity contribution in [3.05, 3.63) is 29.8 Å². The fourth-order valence-electron chi connectivity index (χ4n) is 3.27. The molecular weight excluding hydrogens is 322 g/mol. The van der Waals surface area contributed by atoms with Crippen LogP contribution in [-0.2, 0) is 11.3 Å². The fourth-order valence-corrected chi connectivity index (χ4v) is 3.27. The Bertz CT molecular complexity index is 674. The second kappa shape index (κ2) is 8.02. The van der Waals surface area contributed by atoms with Crippen molar-refractivity contribution in [2.45, 2.75) is 32.2 Å². The Kier molecular flexibility index (Phi) is 5.54. The van der Waals surface area contributed by atoms with E-state index in [4.69, 9.17) is 0 Å². The van der Waals surface area contributed by atoms with Crippen LogP contribution in [0.4, 0.5) is 5.95 Å². The number of aliphatic carboxylic acids is 1. The summed E-state index contributed by atoms with van der Waals surface area (Å²) in [5.41, 5.74) is 1.83. The van der Waals surface area contributed by atoms with Gasteiger partial charge < -0.3 is 10.4 Å². The van der Waals surface area contributed by atoms with Crippen molar-refractivity contribution < 1.29 is 9.90 Å². The number of carbonyl (C=O) groups is 1. The van der Waals surface area contributed by atoms with Crippen molar-refractivity contribution in [2.24, 2.45) is 5.92 Å². The maximum Gasteiger partial charge on any atom is 0.303 e. The topological polar surface area (TPSA) is 120 Å². The lowest BCUT2D eigenvalue weighted by molar-refractivity contribution is -0.138. The van der Waals surface area contributed by atoms with E-state index >= 15 is 0 Å². The molecule has 0 aromatic carbocycles. The molecule has 0 saturated carbocycles. The van der Waals surface area contributed by atoms with Crippen LogP contribution >= 0.6 is 0 Å². The number of hydrogen-bond acceptors (Lipinski definition) is 7. The van der Waals surface area contributed by atoms with Crippen LogP contribution in [0.2, 0.25) is 0 Å². The summed E-state index contributed by atoms with van der Waals surface area (Å²) < 4.78 is 0. The zero-order valence-electron chi connectivity index (χ0n) is 14.2. The summed E-state index contributed by atoms with van der Waals surface area (Å²) in [6.07, 6.45) is 6.47. The summed E-state index contributed by atoms with van der Waals surface area (Å²) in [5.74, 6) is -0.0541. The molecule has 2 aromatic rings. The van der Waals surface area contributed by atoms with Gasteiger partial charge in [0.25, 0.3) is 0 Å². The van der Waals surface area contributed by atoms with Crippen molar-refractivity contribution >= 4 is 11.9 Å². The van der Waals surface area contributed by atoms with Gasteiger partial charge in [0, 0.05) is 50.1 Å². The predicted molar refractivity (Wildman–Crippen MR) is 91.0 cm³/mol. The largest absolute Gasteiger partial charge is 0.481 e. The highest BCUT2D eigenvalue weighted by Gasteiger charge is 2.36. The van der Waals surface area contributed by atoms with Crippen molar-refractivity contribution in [1.29, 1.82) is 0 Å². The molecule has 0 radical (unpaired) electrons. The van der Waals surface area contributed by atoms with Crippen LogP contribution in [0.5, 0.6) is 0 Å². The minimum atomic E-state index is -0.782. The summed E-state index contributed by atoms with van der Waals surface area (Å²) in [5, 5.41) is 22.9. The van der Waals surface area contributed by atoms with Crippen molar-refractivity contribution in [2.75, 3.05) is 25.0 Å². The van der Waals surface area contributed by atoms with Gasteiger partial charge in [0.15, 0.2) is 0 Å². The standard InChI is InChI=1S/C16H23N7O2/c1-2-3-17-16-18-5-11(6-19-16)8-23-9-12(4-15(24)25)13(10-23)14-7-20-22-21-14/h5-7,12-13H,2-4,8-10H2,1H3,(H,24,25)(H,17,18,19)(H,20,21,22)/t12-,13+/m0/s1. The van der Waals surface area contributed by atoms with Gasteiger partial charge in [0.1, 0.15) is 0 Å². The molecule has 2 atom stereocenters. The average Bonchev–Trinajstić information content (AvgIpc) is 3.23. The predicted octanol–water partition coefficient (Wildman–Crippen LogP) is 1.11. The van der Waals surface area contributed by atoms with E-state index in [1.807, 2.05) is 12.4 Å². The molecule has 3 rings (SSSR count). The van der Waals surface area contributed by atoms with Crippen molar-refractivity contribution in [1.82, 2.24) is 30.3 Å². The van der Waals surface area contributed by atoms with E-state index < -0.39 is 5.97 Å². The van der Waals surface area contributed by atoms with Crippen LogP contribution < -0.4 is 5.32 Å². The van der Waals surface area contributed by atoms with Gasteiger partial charge in [0.05, 0.1) is 18.3 Å². The Labute approximate surface area is 145 Å². The van der Waals surface area contributed by atoms with Gasteiger partial charge in [-0.3, -0.25) is 9.69 Å². The number of carboxylic acid groups (broad SMARTS) is 1. The second-order valence-corrected chi connectivity index (χ2v) is 6.40. The Hall–Kier alpha value is -2.55. The van der Waals surface area contributed by atoms with Crippen molar-refractivity contribution in [3.63, 3.8) is 0 Å². The molecule has 3 heterocycles. The number of carboxylic acids is 1. The molecule has 25 heavy (non-hydrogen) atoms. The molecule has 1 fully saturated rings. The summed E-state index contributed by atoms with van der Waals surface area (Å²) in [7, 11) is 0. The van der Waals surface area contributed by atoms with E-state index in [-0.39, 0.29) is 18.3 Å². The highest BCUT2D eigenvalue weighted by atomic mass is 16.4. The first-order chi connectivity index (χ1) is 12.2. The smallest absolute Gasteiger partial charge is 0.303 e. The van der Waals surface area contributed by atoms with Crippen LogP contribution in [0.15, 0.2) is 18.6 Å². The van der Waals surface area contributed by atoms with Gasteiger partial charge >= 0.3 is 5.97 Å².